The zero-order chi connectivity index (χ0) is 33.6. The summed E-state index contributed by atoms with van der Waals surface area (Å²) < 4.78 is 11.4. The third-order valence-electron chi connectivity index (χ3n) is 10.3. The van der Waals surface area contributed by atoms with Crippen LogP contribution in [-0.4, -0.2) is 128 Å². The third-order valence-corrected chi connectivity index (χ3v) is 10.3. The summed E-state index contributed by atoms with van der Waals surface area (Å²) in [6.07, 6.45) is -9.18. The predicted molar refractivity (Wildman–Crippen MR) is 169 cm³/mol. The lowest BCUT2D eigenvalue weighted by Gasteiger charge is -2.41. The quantitative estimate of drug-likeness (QED) is 0.205. The Bertz CT molecular complexity index is 1520. The number of hydrogen-bond donors (Lipinski definition) is 7. The first-order valence-electron chi connectivity index (χ1n) is 16.0. The van der Waals surface area contributed by atoms with E-state index in [0.717, 1.165) is 22.3 Å². The van der Waals surface area contributed by atoms with Gasteiger partial charge in [-0.25, -0.2) is 0 Å². The number of hydrogen-bond acceptors (Lipinski definition) is 10. The molecule has 6 rings (SSSR count). The van der Waals surface area contributed by atoms with Gasteiger partial charge in [-0.05, 0) is 59.4 Å². The molecule has 2 aromatic carbocycles. The van der Waals surface area contributed by atoms with E-state index in [2.05, 4.69) is 23.7 Å². The number of likely N-dealkylation sites (tertiary alicyclic amines) is 1. The second-order valence-electron chi connectivity index (χ2n) is 13.0. The van der Waals surface area contributed by atoms with E-state index >= 15 is 0 Å². The van der Waals surface area contributed by atoms with Crippen molar-refractivity contribution in [3.63, 3.8) is 0 Å². The number of fused-ring (bicyclic) bond motifs is 5. The Balaban J connectivity index is 1.34. The Morgan fingerprint density at radius 1 is 0.766 bits per heavy atom. The van der Waals surface area contributed by atoms with Gasteiger partial charge in [0, 0.05) is 42.5 Å². The van der Waals surface area contributed by atoms with Gasteiger partial charge in [0.05, 0.1) is 25.4 Å². The first-order chi connectivity index (χ1) is 22.5. The Morgan fingerprint density at radius 2 is 1.26 bits per heavy atom. The van der Waals surface area contributed by atoms with Crippen molar-refractivity contribution in [2.75, 3.05) is 26.3 Å². The monoisotopic (exact) mass is 647 g/mol. The number of ether oxygens (including phenoxy) is 2. The zero-order valence-corrected chi connectivity index (χ0v) is 26.3. The van der Waals surface area contributed by atoms with Crippen molar-refractivity contribution in [3.05, 3.63) is 58.7 Å². The normalized spacial score (nSPS) is 34.0. The van der Waals surface area contributed by atoms with Crippen LogP contribution in [0.5, 0.6) is 0 Å². The topological polar surface area (TPSA) is 180 Å². The number of amides is 1. The fourth-order valence-electron chi connectivity index (χ4n) is 7.35. The van der Waals surface area contributed by atoms with Crippen LogP contribution in [0, 0.1) is 29.6 Å². The Kier molecular flexibility index (Phi) is 9.49. The number of nitrogens with zero attached hydrogens (tertiary/aromatic N) is 1. The minimum absolute atomic E-state index is 0.0146. The van der Waals surface area contributed by atoms with Crippen LogP contribution in [0.3, 0.4) is 0 Å². The summed E-state index contributed by atoms with van der Waals surface area (Å²) in [5, 5.41) is 71.0. The summed E-state index contributed by atoms with van der Waals surface area (Å²) in [6.45, 7) is 3.56. The smallest absolute Gasteiger partial charge is 0.219 e. The van der Waals surface area contributed by atoms with Crippen LogP contribution in [0.25, 0.3) is 11.1 Å². The molecule has 3 saturated heterocycles. The summed E-state index contributed by atoms with van der Waals surface area (Å²) in [6, 6.07) is 11.8. The molecule has 3 heterocycles. The molecule has 1 spiro atoms. The van der Waals surface area contributed by atoms with Crippen molar-refractivity contribution in [1.82, 2.24) is 4.90 Å². The van der Waals surface area contributed by atoms with Crippen molar-refractivity contribution in [1.29, 1.82) is 0 Å². The fraction of sp³-hybridized carbons (Fsp3) is 0.528. The lowest BCUT2D eigenvalue weighted by molar-refractivity contribution is -0.214. The Labute approximate surface area is 273 Å². The fourth-order valence-corrected chi connectivity index (χ4v) is 7.35. The van der Waals surface area contributed by atoms with Crippen molar-refractivity contribution >= 4 is 5.91 Å². The molecule has 0 aromatic heterocycles. The Hall–Kier alpha value is -3.33. The first kappa shape index (κ1) is 33.6. The van der Waals surface area contributed by atoms with E-state index in [0.29, 0.717) is 37.1 Å². The number of carbonyl (C=O) groups excluding carboxylic acids is 1. The molecule has 0 bridgehead atoms. The van der Waals surface area contributed by atoms with E-state index in [1.807, 2.05) is 41.3 Å². The molecule has 7 N–H and O–H groups in total. The van der Waals surface area contributed by atoms with E-state index in [9.17, 15) is 40.5 Å². The molecule has 3 fully saturated rings. The van der Waals surface area contributed by atoms with Crippen molar-refractivity contribution in [3.8, 4) is 34.8 Å². The first-order valence-corrected chi connectivity index (χ1v) is 16.0. The van der Waals surface area contributed by atoms with Crippen molar-refractivity contribution in [2.45, 2.75) is 87.0 Å². The van der Waals surface area contributed by atoms with E-state index in [4.69, 9.17) is 9.47 Å². The van der Waals surface area contributed by atoms with Gasteiger partial charge >= 0.3 is 0 Å². The van der Waals surface area contributed by atoms with E-state index in [1.54, 1.807) is 13.8 Å². The minimum atomic E-state index is -1.51. The standard InChI is InChI=1S/C36H41NO10/c1-19-29(17-38)46-27(32(42)31(19)41)9-5-21-3-7-23-24-8-4-22(6-10-28-33(43)35(45)34(44)30(18-39)47-28)16-26(24)36(25(23)15-21)11-13-37(14-12-36)20(2)40/h3-4,7-8,15-16,19,27-35,38-39,41-45H,11-14,17-18H2,1-2H3/t19-,27-,28-,29-,30-,31+,32-,33-,34-,35-/m1/s1. The number of aliphatic hydroxyl groups excluding tert-OH is 7. The molecule has 4 aliphatic rings. The molecule has 11 heteroatoms. The van der Waals surface area contributed by atoms with E-state index < -0.39 is 72.9 Å². The molecule has 250 valence electrons. The molecule has 47 heavy (non-hydrogen) atoms. The minimum Gasteiger partial charge on any atom is -0.394 e. The highest BCUT2D eigenvalue weighted by molar-refractivity contribution is 5.83. The zero-order valence-electron chi connectivity index (χ0n) is 26.3. The second-order valence-corrected chi connectivity index (χ2v) is 13.0. The maximum atomic E-state index is 12.2. The number of piperidine rings is 1. The molecule has 3 aliphatic heterocycles. The molecule has 1 aliphatic carbocycles. The van der Waals surface area contributed by atoms with Crippen LogP contribution in [0.2, 0.25) is 0 Å². The third kappa shape index (κ3) is 5.98. The van der Waals surface area contributed by atoms with E-state index in [1.165, 1.54) is 0 Å². The average Bonchev–Trinajstić information content (AvgIpc) is 3.33. The summed E-state index contributed by atoms with van der Waals surface area (Å²) in [4.78, 5) is 14.1. The van der Waals surface area contributed by atoms with Crippen LogP contribution < -0.4 is 0 Å². The number of carbonyl (C=O) groups is 1. The van der Waals surface area contributed by atoms with Crippen LogP contribution >= 0.6 is 0 Å². The molecular formula is C36H41NO10. The maximum Gasteiger partial charge on any atom is 0.219 e. The molecule has 0 radical (unpaired) electrons. The van der Waals surface area contributed by atoms with Crippen LogP contribution in [-0.2, 0) is 19.7 Å². The van der Waals surface area contributed by atoms with Gasteiger partial charge < -0.3 is 50.1 Å². The van der Waals surface area contributed by atoms with Crippen LogP contribution in [0.15, 0.2) is 36.4 Å². The van der Waals surface area contributed by atoms with Gasteiger partial charge in [0.1, 0.15) is 42.7 Å². The van der Waals surface area contributed by atoms with Crippen molar-refractivity contribution in [2.24, 2.45) is 5.92 Å². The second kappa shape index (κ2) is 13.3. The van der Waals surface area contributed by atoms with Gasteiger partial charge in [0.2, 0.25) is 5.91 Å². The van der Waals surface area contributed by atoms with Gasteiger partial charge in [-0.1, -0.05) is 42.7 Å². The van der Waals surface area contributed by atoms with Crippen LogP contribution in [0.4, 0.5) is 0 Å². The number of aliphatic hydroxyl groups is 7. The van der Waals surface area contributed by atoms with Gasteiger partial charge in [-0.3, -0.25) is 4.79 Å². The molecule has 10 atom stereocenters. The van der Waals surface area contributed by atoms with Gasteiger partial charge in [-0.15, -0.1) is 0 Å². The molecule has 0 unspecified atom stereocenters. The number of rotatable bonds is 2. The largest absolute Gasteiger partial charge is 0.394 e. The summed E-state index contributed by atoms with van der Waals surface area (Å²) in [5.41, 5.74) is 5.08. The van der Waals surface area contributed by atoms with Gasteiger partial charge in [0.25, 0.3) is 0 Å². The van der Waals surface area contributed by atoms with Gasteiger partial charge in [0.15, 0.2) is 0 Å². The lowest BCUT2D eigenvalue weighted by Crippen LogP contribution is -2.58. The average molecular weight is 648 g/mol. The van der Waals surface area contributed by atoms with Crippen LogP contribution in [0.1, 0.15) is 48.9 Å². The summed E-state index contributed by atoms with van der Waals surface area (Å²) in [5.74, 6) is 11.5. The molecule has 11 nitrogen and oxygen atoms in total. The highest BCUT2D eigenvalue weighted by Crippen LogP contribution is 2.54. The molecular weight excluding hydrogens is 606 g/mol. The molecule has 1 amide bonds. The van der Waals surface area contributed by atoms with Crippen molar-refractivity contribution < 1.29 is 50.0 Å². The predicted octanol–water partition coefficient (Wildman–Crippen LogP) is -0.742. The summed E-state index contributed by atoms with van der Waals surface area (Å²) in [7, 11) is 0. The summed E-state index contributed by atoms with van der Waals surface area (Å²) >= 11 is 0. The SMILES string of the molecule is CC(=O)N1CCC2(CC1)c1cc(C#C[C@H]3O[C@H](CO)[C@@H](O)[C@H](O)[C@@H]3O)ccc1-c1ccc(C#C[C@H]3O[C@H](CO)[C@@H](C)[C@H](O)[C@@H]3O)cc12. The Morgan fingerprint density at radius 3 is 1.74 bits per heavy atom. The highest BCUT2D eigenvalue weighted by Gasteiger charge is 2.46. The maximum absolute atomic E-state index is 12.2. The highest BCUT2D eigenvalue weighted by atomic mass is 16.5. The number of benzene rings is 2. The lowest BCUT2D eigenvalue weighted by atomic mass is 9.70. The molecule has 0 saturated carbocycles. The molecule has 2 aromatic rings. The van der Waals surface area contributed by atoms with E-state index in [-0.39, 0.29) is 12.5 Å². The van der Waals surface area contributed by atoms with Gasteiger partial charge in [-0.2, -0.15) is 0 Å².